The summed E-state index contributed by atoms with van der Waals surface area (Å²) in [6, 6.07) is 0. The molecule has 3 N–H and O–H groups in total. The first-order valence-corrected chi connectivity index (χ1v) is 4.58. The molecule has 0 aliphatic carbocycles. The number of aliphatic hydroxyl groups is 2. The summed E-state index contributed by atoms with van der Waals surface area (Å²) in [6.07, 6.45) is 1.37. The van der Waals surface area contributed by atoms with E-state index in [1.165, 1.54) is 0 Å². The highest BCUT2D eigenvalue weighted by Crippen LogP contribution is 2.13. The first-order chi connectivity index (χ1) is 5.54. The highest BCUT2D eigenvalue weighted by molar-refractivity contribution is 4.81. The van der Waals surface area contributed by atoms with E-state index in [9.17, 15) is 0 Å². The number of rotatable bonds is 6. The molecule has 0 aromatic rings. The van der Waals surface area contributed by atoms with Gasteiger partial charge in [0.15, 0.2) is 0 Å². The van der Waals surface area contributed by atoms with Crippen molar-refractivity contribution in [2.75, 3.05) is 13.2 Å². The van der Waals surface area contributed by atoms with E-state index in [2.05, 4.69) is 19.2 Å². The smallest absolute Gasteiger partial charge is 0.0636 e. The van der Waals surface area contributed by atoms with E-state index in [0.717, 1.165) is 12.8 Å². The Bertz CT molecular complexity index is 117. The van der Waals surface area contributed by atoms with Crippen LogP contribution in [0, 0.1) is 0 Å². The second-order valence-corrected chi connectivity index (χ2v) is 3.62. The van der Waals surface area contributed by atoms with Gasteiger partial charge in [-0.2, -0.15) is 0 Å². The molecular formula is C9H21NO2. The minimum absolute atomic E-state index is 0.0360. The topological polar surface area (TPSA) is 52.5 Å². The van der Waals surface area contributed by atoms with Gasteiger partial charge in [0.2, 0.25) is 0 Å². The first-order valence-electron chi connectivity index (χ1n) is 4.58. The fourth-order valence-corrected chi connectivity index (χ4v) is 1.03. The van der Waals surface area contributed by atoms with Crippen LogP contribution in [0.2, 0.25) is 0 Å². The zero-order valence-corrected chi connectivity index (χ0v) is 8.30. The van der Waals surface area contributed by atoms with Crippen LogP contribution in [-0.4, -0.2) is 35.0 Å². The van der Waals surface area contributed by atoms with E-state index in [-0.39, 0.29) is 18.2 Å². The van der Waals surface area contributed by atoms with Gasteiger partial charge >= 0.3 is 0 Å². The Kier molecular flexibility index (Phi) is 5.46. The van der Waals surface area contributed by atoms with Gasteiger partial charge in [-0.15, -0.1) is 0 Å². The molecule has 74 valence electrons. The largest absolute Gasteiger partial charge is 0.396 e. The second kappa shape index (κ2) is 5.51. The molecule has 3 heteroatoms. The van der Waals surface area contributed by atoms with Crippen molar-refractivity contribution in [1.82, 2.24) is 5.32 Å². The van der Waals surface area contributed by atoms with E-state index in [1.54, 1.807) is 6.92 Å². The zero-order valence-electron chi connectivity index (χ0n) is 8.30. The molecule has 0 rings (SSSR count). The molecule has 0 aromatic heterocycles. The predicted octanol–water partition coefficient (Wildman–Crippen LogP) is 0.508. The van der Waals surface area contributed by atoms with Crippen molar-refractivity contribution in [2.24, 2.45) is 0 Å². The Morgan fingerprint density at radius 1 is 1.50 bits per heavy atom. The minimum Gasteiger partial charge on any atom is -0.396 e. The van der Waals surface area contributed by atoms with Crippen molar-refractivity contribution in [3.63, 3.8) is 0 Å². The van der Waals surface area contributed by atoms with Crippen molar-refractivity contribution >= 4 is 0 Å². The van der Waals surface area contributed by atoms with Gasteiger partial charge in [0, 0.05) is 18.7 Å². The van der Waals surface area contributed by atoms with Gasteiger partial charge in [-0.05, 0) is 26.7 Å². The molecule has 2 atom stereocenters. The van der Waals surface area contributed by atoms with Gasteiger partial charge < -0.3 is 15.5 Å². The van der Waals surface area contributed by atoms with Crippen LogP contribution in [-0.2, 0) is 0 Å². The van der Waals surface area contributed by atoms with Crippen LogP contribution in [0.4, 0.5) is 0 Å². The quantitative estimate of drug-likeness (QED) is 0.551. The summed E-state index contributed by atoms with van der Waals surface area (Å²) in [7, 11) is 0. The van der Waals surface area contributed by atoms with E-state index in [0.29, 0.717) is 6.54 Å². The van der Waals surface area contributed by atoms with Crippen molar-refractivity contribution < 1.29 is 10.2 Å². The van der Waals surface area contributed by atoms with E-state index in [4.69, 9.17) is 10.2 Å². The van der Waals surface area contributed by atoms with Crippen LogP contribution in [0.15, 0.2) is 0 Å². The van der Waals surface area contributed by atoms with Crippen molar-refractivity contribution in [1.29, 1.82) is 0 Å². The maximum atomic E-state index is 9.05. The van der Waals surface area contributed by atoms with Crippen molar-refractivity contribution in [3.05, 3.63) is 0 Å². The monoisotopic (exact) mass is 175 g/mol. The van der Waals surface area contributed by atoms with Crippen LogP contribution in [0.25, 0.3) is 0 Å². The molecule has 0 bridgehead atoms. The summed E-state index contributed by atoms with van der Waals surface area (Å²) in [5.74, 6) is 0. The SMILES string of the molecule is CCC(C)(CCO)NC[C@H](C)O. The Labute approximate surface area is 74.8 Å². The highest BCUT2D eigenvalue weighted by Gasteiger charge is 2.20. The molecule has 0 aliphatic rings. The number of hydrogen-bond acceptors (Lipinski definition) is 3. The standard InChI is InChI=1S/C9H21NO2/c1-4-9(3,5-6-11)10-7-8(2)12/h8,10-12H,4-7H2,1-3H3/t8-,9?/m0/s1. The van der Waals surface area contributed by atoms with Crippen LogP contribution in [0.1, 0.15) is 33.6 Å². The van der Waals surface area contributed by atoms with Crippen LogP contribution >= 0.6 is 0 Å². The molecule has 0 heterocycles. The van der Waals surface area contributed by atoms with Crippen LogP contribution in [0.3, 0.4) is 0 Å². The van der Waals surface area contributed by atoms with Crippen molar-refractivity contribution in [3.8, 4) is 0 Å². The molecule has 12 heavy (non-hydrogen) atoms. The Hall–Kier alpha value is -0.120. The third-order valence-corrected chi connectivity index (χ3v) is 2.27. The van der Waals surface area contributed by atoms with Gasteiger partial charge in [0.05, 0.1) is 6.10 Å². The molecule has 1 unspecified atom stereocenters. The number of β-amino-alcohol motifs (C(OH)–C–C–N with tert-alkyl or cyclic N) is 1. The summed E-state index contributed by atoms with van der Waals surface area (Å²) in [5, 5.41) is 21.1. The zero-order chi connectivity index (χ0) is 9.61. The normalized spacial score (nSPS) is 18.8. The van der Waals surface area contributed by atoms with E-state index >= 15 is 0 Å². The molecule has 0 fully saturated rings. The summed E-state index contributed by atoms with van der Waals surface area (Å²) >= 11 is 0. The van der Waals surface area contributed by atoms with Gasteiger partial charge in [-0.3, -0.25) is 0 Å². The van der Waals surface area contributed by atoms with E-state index in [1.807, 2.05) is 0 Å². The average Bonchev–Trinajstić information content (AvgIpc) is 2.02. The van der Waals surface area contributed by atoms with Crippen LogP contribution in [0.5, 0.6) is 0 Å². The molecule has 0 radical (unpaired) electrons. The molecule has 0 aliphatic heterocycles. The van der Waals surface area contributed by atoms with Crippen molar-refractivity contribution in [2.45, 2.75) is 45.3 Å². The Morgan fingerprint density at radius 2 is 2.08 bits per heavy atom. The Balaban J connectivity index is 3.78. The lowest BCUT2D eigenvalue weighted by Crippen LogP contribution is -2.45. The molecular weight excluding hydrogens is 154 g/mol. The highest BCUT2D eigenvalue weighted by atomic mass is 16.3. The molecule has 0 saturated heterocycles. The molecule has 3 nitrogen and oxygen atoms in total. The van der Waals surface area contributed by atoms with E-state index < -0.39 is 0 Å². The fourth-order valence-electron chi connectivity index (χ4n) is 1.03. The third kappa shape index (κ3) is 4.70. The second-order valence-electron chi connectivity index (χ2n) is 3.62. The summed E-state index contributed by atoms with van der Waals surface area (Å²) in [6.45, 7) is 6.67. The molecule has 0 spiro atoms. The lowest BCUT2D eigenvalue weighted by molar-refractivity contribution is 0.157. The maximum absolute atomic E-state index is 9.05. The number of aliphatic hydroxyl groups excluding tert-OH is 2. The number of hydrogen-bond donors (Lipinski definition) is 3. The van der Waals surface area contributed by atoms with Gasteiger partial charge in [0.1, 0.15) is 0 Å². The molecule has 0 amide bonds. The summed E-state index contributed by atoms with van der Waals surface area (Å²) in [5.41, 5.74) is -0.0360. The first kappa shape index (κ1) is 11.9. The molecule has 0 aromatic carbocycles. The maximum Gasteiger partial charge on any atom is 0.0636 e. The summed E-state index contributed by atoms with van der Waals surface area (Å²) in [4.78, 5) is 0. The van der Waals surface area contributed by atoms with Crippen LogP contribution < -0.4 is 5.32 Å². The van der Waals surface area contributed by atoms with Gasteiger partial charge in [-0.25, -0.2) is 0 Å². The fraction of sp³-hybridized carbons (Fsp3) is 1.00. The summed E-state index contributed by atoms with van der Waals surface area (Å²) < 4.78 is 0. The lowest BCUT2D eigenvalue weighted by atomic mass is 9.95. The average molecular weight is 175 g/mol. The van der Waals surface area contributed by atoms with Gasteiger partial charge in [-0.1, -0.05) is 6.92 Å². The third-order valence-electron chi connectivity index (χ3n) is 2.27. The predicted molar refractivity (Wildman–Crippen MR) is 50.1 cm³/mol. The van der Waals surface area contributed by atoms with Gasteiger partial charge in [0.25, 0.3) is 0 Å². The lowest BCUT2D eigenvalue weighted by Gasteiger charge is -2.29. The minimum atomic E-state index is -0.324. The Morgan fingerprint density at radius 3 is 2.42 bits per heavy atom. The number of nitrogens with one attached hydrogen (secondary N) is 1. The molecule has 0 saturated carbocycles.